The van der Waals surface area contributed by atoms with Gasteiger partial charge in [-0.05, 0) is 25.7 Å². The average molecular weight is 198 g/mol. The average Bonchev–Trinajstić information content (AvgIpc) is 2.71. The molecule has 0 aromatic carbocycles. The molecular formula is C12H26N2. The Labute approximate surface area is 89.0 Å². The summed E-state index contributed by atoms with van der Waals surface area (Å²) < 4.78 is 0. The lowest BCUT2D eigenvalue weighted by Crippen LogP contribution is -2.45. The molecule has 2 heteroatoms. The van der Waals surface area contributed by atoms with Crippen molar-refractivity contribution in [1.29, 1.82) is 0 Å². The number of hydrogen-bond acceptors (Lipinski definition) is 2. The van der Waals surface area contributed by atoms with Gasteiger partial charge in [0.15, 0.2) is 0 Å². The lowest BCUT2D eigenvalue weighted by atomic mass is 10.2. The van der Waals surface area contributed by atoms with Crippen LogP contribution in [-0.4, -0.2) is 24.1 Å². The Morgan fingerprint density at radius 1 is 1.14 bits per heavy atom. The normalized spacial score (nSPS) is 18.2. The second-order valence-electron chi connectivity index (χ2n) is 4.39. The zero-order valence-electron chi connectivity index (χ0n) is 9.89. The smallest absolute Gasteiger partial charge is 0.0243 e. The quantitative estimate of drug-likeness (QED) is 0.633. The Hall–Kier alpha value is -0.0800. The van der Waals surface area contributed by atoms with Gasteiger partial charge in [-0.15, -0.1) is 0 Å². The van der Waals surface area contributed by atoms with Gasteiger partial charge in [-0.25, -0.2) is 5.01 Å². The Bertz CT molecular complexity index is 122. The van der Waals surface area contributed by atoms with Crippen LogP contribution >= 0.6 is 0 Å². The van der Waals surface area contributed by atoms with Crippen molar-refractivity contribution in [2.45, 2.75) is 64.8 Å². The van der Waals surface area contributed by atoms with E-state index in [0.717, 1.165) is 12.6 Å². The molecule has 0 atom stereocenters. The molecule has 0 aromatic heterocycles. The molecular weight excluding hydrogens is 172 g/mol. The zero-order chi connectivity index (χ0) is 10.2. The number of unbranched alkanes of at least 4 members (excludes halogenated alkanes) is 1. The van der Waals surface area contributed by atoms with Gasteiger partial charge in [0.05, 0.1) is 0 Å². The van der Waals surface area contributed by atoms with Crippen molar-refractivity contribution in [2.24, 2.45) is 0 Å². The molecule has 1 N–H and O–H groups in total. The summed E-state index contributed by atoms with van der Waals surface area (Å²) in [5.41, 5.74) is 3.58. The van der Waals surface area contributed by atoms with Crippen LogP contribution in [-0.2, 0) is 0 Å². The van der Waals surface area contributed by atoms with Crippen molar-refractivity contribution in [3.63, 3.8) is 0 Å². The topological polar surface area (TPSA) is 15.3 Å². The number of nitrogens with zero attached hydrogens (tertiary/aromatic N) is 1. The van der Waals surface area contributed by atoms with E-state index in [9.17, 15) is 0 Å². The monoisotopic (exact) mass is 198 g/mol. The van der Waals surface area contributed by atoms with E-state index in [-0.39, 0.29) is 0 Å². The second-order valence-corrected chi connectivity index (χ2v) is 4.39. The zero-order valence-corrected chi connectivity index (χ0v) is 9.89. The van der Waals surface area contributed by atoms with Crippen molar-refractivity contribution < 1.29 is 0 Å². The van der Waals surface area contributed by atoms with Crippen molar-refractivity contribution in [2.75, 3.05) is 13.1 Å². The fourth-order valence-corrected chi connectivity index (χ4v) is 2.19. The first kappa shape index (κ1) is 12.0. The molecule has 0 saturated heterocycles. The maximum atomic E-state index is 3.58. The highest BCUT2D eigenvalue weighted by Gasteiger charge is 2.21. The molecule has 0 heterocycles. The van der Waals surface area contributed by atoms with Gasteiger partial charge in [0.25, 0.3) is 0 Å². The van der Waals surface area contributed by atoms with Gasteiger partial charge in [0, 0.05) is 19.1 Å². The highest BCUT2D eigenvalue weighted by atomic mass is 15.5. The summed E-state index contributed by atoms with van der Waals surface area (Å²) in [5, 5.41) is 2.51. The van der Waals surface area contributed by atoms with E-state index >= 15 is 0 Å². The molecule has 1 aliphatic rings. The second kappa shape index (κ2) is 7.24. The lowest BCUT2D eigenvalue weighted by Gasteiger charge is -2.29. The number of hydrazine groups is 1. The van der Waals surface area contributed by atoms with Crippen LogP contribution in [0.2, 0.25) is 0 Å². The van der Waals surface area contributed by atoms with Gasteiger partial charge in [0.2, 0.25) is 0 Å². The fraction of sp³-hybridized carbons (Fsp3) is 1.00. The summed E-state index contributed by atoms with van der Waals surface area (Å²) in [4.78, 5) is 0. The minimum atomic E-state index is 0.827. The van der Waals surface area contributed by atoms with Crippen molar-refractivity contribution in [1.82, 2.24) is 10.4 Å². The summed E-state index contributed by atoms with van der Waals surface area (Å²) in [7, 11) is 0. The highest BCUT2D eigenvalue weighted by Crippen LogP contribution is 2.22. The third-order valence-corrected chi connectivity index (χ3v) is 3.08. The van der Waals surface area contributed by atoms with Gasteiger partial charge in [-0.3, -0.25) is 5.43 Å². The van der Waals surface area contributed by atoms with Gasteiger partial charge in [0.1, 0.15) is 0 Å². The number of rotatable bonds is 7. The van der Waals surface area contributed by atoms with Crippen LogP contribution in [0.3, 0.4) is 0 Å². The molecule has 0 spiro atoms. The SMILES string of the molecule is CCCCN(NCCC)C1CCCC1. The number of hydrogen-bond donors (Lipinski definition) is 1. The lowest BCUT2D eigenvalue weighted by molar-refractivity contribution is 0.123. The molecule has 0 amide bonds. The summed E-state index contributed by atoms with van der Waals surface area (Å²) in [5.74, 6) is 0. The maximum Gasteiger partial charge on any atom is 0.0243 e. The molecule has 1 rings (SSSR count). The van der Waals surface area contributed by atoms with Crippen LogP contribution in [0.25, 0.3) is 0 Å². The minimum absolute atomic E-state index is 0.827. The number of nitrogens with one attached hydrogen (secondary N) is 1. The molecule has 0 bridgehead atoms. The highest BCUT2D eigenvalue weighted by molar-refractivity contribution is 4.75. The van der Waals surface area contributed by atoms with Gasteiger partial charge in [-0.2, -0.15) is 0 Å². The van der Waals surface area contributed by atoms with E-state index in [0.29, 0.717) is 0 Å². The molecule has 2 nitrogen and oxygen atoms in total. The van der Waals surface area contributed by atoms with Crippen LogP contribution in [0.4, 0.5) is 0 Å². The van der Waals surface area contributed by atoms with E-state index in [2.05, 4.69) is 24.3 Å². The van der Waals surface area contributed by atoms with Crippen LogP contribution in [0.5, 0.6) is 0 Å². The Balaban J connectivity index is 2.26. The molecule has 0 unspecified atom stereocenters. The Morgan fingerprint density at radius 3 is 2.43 bits per heavy atom. The Morgan fingerprint density at radius 2 is 1.86 bits per heavy atom. The molecule has 14 heavy (non-hydrogen) atoms. The fourth-order valence-electron chi connectivity index (χ4n) is 2.19. The molecule has 0 aliphatic heterocycles. The standard InChI is InChI=1S/C12H26N2/c1-3-5-11-14(13-10-4-2)12-8-6-7-9-12/h12-13H,3-11H2,1-2H3. The van der Waals surface area contributed by atoms with Crippen LogP contribution in [0, 0.1) is 0 Å². The molecule has 0 radical (unpaired) electrons. The summed E-state index contributed by atoms with van der Waals surface area (Å²) in [6.45, 7) is 6.88. The molecule has 0 aromatic rings. The van der Waals surface area contributed by atoms with E-state index in [4.69, 9.17) is 0 Å². The van der Waals surface area contributed by atoms with Gasteiger partial charge in [-0.1, -0.05) is 33.1 Å². The van der Waals surface area contributed by atoms with Crippen LogP contribution in [0.15, 0.2) is 0 Å². The summed E-state index contributed by atoms with van der Waals surface area (Å²) in [6, 6.07) is 0.827. The van der Waals surface area contributed by atoms with E-state index in [1.807, 2.05) is 0 Å². The van der Waals surface area contributed by atoms with E-state index in [1.54, 1.807) is 0 Å². The first-order chi connectivity index (χ1) is 6.88. The first-order valence-electron chi connectivity index (χ1n) is 6.38. The van der Waals surface area contributed by atoms with Crippen LogP contribution < -0.4 is 5.43 Å². The predicted molar refractivity (Wildman–Crippen MR) is 62.2 cm³/mol. The third-order valence-electron chi connectivity index (χ3n) is 3.08. The van der Waals surface area contributed by atoms with Crippen molar-refractivity contribution in [3.05, 3.63) is 0 Å². The largest absolute Gasteiger partial charge is 0.255 e. The summed E-state index contributed by atoms with van der Waals surface area (Å²) in [6.07, 6.45) is 9.53. The molecule has 84 valence electrons. The van der Waals surface area contributed by atoms with Gasteiger partial charge < -0.3 is 0 Å². The van der Waals surface area contributed by atoms with E-state index < -0.39 is 0 Å². The first-order valence-corrected chi connectivity index (χ1v) is 6.38. The Kier molecular flexibility index (Phi) is 6.20. The predicted octanol–water partition coefficient (Wildman–Crippen LogP) is 2.95. The summed E-state index contributed by atoms with van der Waals surface area (Å²) >= 11 is 0. The van der Waals surface area contributed by atoms with Crippen molar-refractivity contribution >= 4 is 0 Å². The van der Waals surface area contributed by atoms with Crippen molar-refractivity contribution in [3.8, 4) is 0 Å². The van der Waals surface area contributed by atoms with Gasteiger partial charge >= 0.3 is 0 Å². The maximum absolute atomic E-state index is 3.58. The van der Waals surface area contributed by atoms with Crippen LogP contribution in [0.1, 0.15) is 58.8 Å². The van der Waals surface area contributed by atoms with E-state index in [1.165, 1.54) is 51.5 Å². The minimum Gasteiger partial charge on any atom is -0.255 e. The molecule has 1 saturated carbocycles. The molecule has 1 aliphatic carbocycles. The molecule has 1 fully saturated rings. The third kappa shape index (κ3) is 3.97.